The summed E-state index contributed by atoms with van der Waals surface area (Å²) < 4.78 is 12.9. The fourth-order valence-corrected chi connectivity index (χ4v) is 3.15. The molecule has 2 aromatic carbocycles. The van der Waals surface area contributed by atoms with Crippen LogP contribution < -0.4 is 10.6 Å². The summed E-state index contributed by atoms with van der Waals surface area (Å²) in [6, 6.07) is 15.4. The first-order chi connectivity index (χ1) is 13.1. The average Bonchev–Trinajstić information content (AvgIpc) is 3.08. The molecule has 0 aliphatic heterocycles. The molecule has 0 aliphatic rings. The van der Waals surface area contributed by atoms with Crippen molar-refractivity contribution >= 4 is 28.3 Å². The number of amides is 2. The Morgan fingerprint density at radius 1 is 0.926 bits per heavy atom. The second-order valence-corrected chi connectivity index (χ2v) is 6.79. The summed E-state index contributed by atoms with van der Waals surface area (Å²) in [4.78, 5) is 28.3. The van der Waals surface area contributed by atoms with Gasteiger partial charge in [0.25, 0.3) is 0 Å². The fourth-order valence-electron chi connectivity index (χ4n) is 2.42. The second kappa shape index (κ2) is 9.05. The second-order valence-electron chi connectivity index (χ2n) is 5.93. The summed E-state index contributed by atoms with van der Waals surface area (Å²) in [7, 11) is 0. The van der Waals surface area contributed by atoms with Crippen molar-refractivity contribution in [1.29, 1.82) is 0 Å². The maximum atomic E-state index is 12.9. The molecule has 0 spiro atoms. The van der Waals surface area contributed by atoms with Gasteiger partial charge in [0, 0.05) is 11.9 Å². The molecule has 2 amide bonds. The molecule has 0 saturated heterocycles. The van der Waals surface area contributed by atoms with Gasteiger partial charge >= 0.3 is 0 Å². The number of halogens is 1. The van der Waals surface area contributed by atoms with Gasteiger partial charge in [-0.05, 0) is 23.3 Å². The van der Waals surface area contributed by atoms with Crippen molar-refractivity contribution in [3.8, 4) is 0 Å². The number of benzene rings is 2. The minimum absolute atomic E-state index is 0.117. The van der Waals surface area contributed by atoms with Crippen molar-refractivity contribution in [1.82, 2.24) is 10.3 Å². The lowest BCUT2D eigenvalue weighted by Gasteiger charge is -2.04. The highest BCUT2D eigenvalue weighted by molar-refractivity contribution is 7.13. The van der Waals surface area contributed by atoms with Crippen molar-refractivity contribution in [3.63, 3.8) is 0 Å². The number of aromatic nitrogens is 1. The molecule has 7 heteroatoms. The quantitative estimate of drug-likeness (QED) is 0.657. The SMILES string of the molecule is O=C(Cc1csc(NC(=O)Cc2ccccc2)n1)NCc1ccc(F)cc1. The number of nitrogens with zero attached hydrogens (tertiary/aromatic N) is 1. The van der Waals surface area contributed by atoms with E-state index < -0.39 is 0 Å². The van der Waals surface area contributed by atoms with Crippen molar-refractivity contribution < 1.29 is 14.0 Å². The summed E-state index contributed by atoms with van der Waals surface area (Å²) in [5, 5.41) is 7.73. The third kappa shape index (κ3) is 6.00. The predicted molar refractivity (Wildman–Crippen MR) is 103 cm³/mol. The molecule has 138 valence electrons. The molecule has 3 aromatic rings. The number of anilines is 1. The van der Waals surface area contributed by atoms with Crippen LogP contribution in [-0.2, 0) is 29.0 Å². The zero-order chi connectivity index (χ0) is 19.1. The minimum atomic E-state index is -0.311. The zero-order valence-electron chi connectivity index (χ0n) is 14.4. The van der Waals surface area contributed by atoms with Crippen LogP contribution in [0.4, 0.5) is 9.52 Å². The Morgan fingerprint density at radius 2 is 1.67 bits per heavy atom. The van der Waals surface area contributed by atoms with E-state index in [9.17, 15) is 14.0 Å². The number of hydrogen-bond acceptors (Lipinski definition) is 4. The normalized spacial score (nSPS) is 10.4. The summed E-state index contributed by atoms with van der Waals surface area (Å²) in [6.07, 6.45) is 0.389. The van der Waals surface area contributed by atoms with E-state index >= 15 is 0 Å². The molecule has 0 radical (unpaired) electrons. The molecule has 1 aromatic heterocycles. The van der Waals surface area contributed by atoms with Crippen molar-refractivity contribution in [2.24, 2.45) is 0 Å². The van der Waals surface area contributed by atoms with Crippen LogP contribution in [0.2, 0.25) is 0 Å². The van der Waals surface area contributed by atoms with Gasteiger partial charge in [-0.2, -0.15) is 0 Å². The largest absolute Gasteiger partial charge is 0.352 e. The van der Waals surface area contributed by atoms with Gasteiger partial charge in [-0.15, -0.1) is 11.3 Å². The Kier molecular flexibility index (Phi) is 6.27. The van der Waals surface area contributed by atoms with E-state index in [1.807, 2.05) is 30.3 Å². The van der Waals surface area contributed by atoms with E-state index in [1.165, 1.54) is 23.5 Å². The van der Waals surface area contributed by atoms with Crippen LogP contribution >= 0.6 is 11.3 Å². The van der Waals surface area contributed by atoms with E-state index in [1.54, 1.807) is 17.5 Å². The molecule has 0 saturated carbocycles. The highest BCUT2D eigenvalue weighted by Gasteiger charge is 2.10. The smallest absolute Gasteiger partial charge is 0.230 e. The topological polar surface area (TPSA) is 71.1 Å². The molecule has 2 N–H and O–H groups in total. The third-order valence-electron chi connectivity index (χ3n) is 3.75. The predicted octanol–water partition coefficient (Wildman–Crippen LogP) is 3.32. The van der Waals surface area contributed by atoms with Gasteiger partial charge in [0.15, 0.2) is 5.13 Å². The molecule has 0 aliphatic carbocycles. The Bertz CT molecular complexity index is 910. The highest BCUT2D eigenvalue weighted by atomic mass is 32.1. The molecule has 0 fully saturated rings. The van der Waals surface area contributed by atoms with Gasteiger partial charge in [0.05, 0.1) is 18.5 Å². The van der Waals surface area contributed by atoms with Gasteiger partial charge in [0.2, 0.25) is 11.8 Å². The molecule has 0 bridgehead atoms. The summed E-state index contributed by atoms with van der Waals surface area (Å²) in [5.41, 5.74) is 2.33. The molecule has 0 atom stereocenters. The molecule has 27 heavy (non-hydrogen) atoms. The maximum Gasteiger partial charge on any atom is 0.230 e. The molecule has 3 rings (SSSR count). The maximum absolute atomic E-state index is 12.9. The van der Waals surface area contributed by atoms with Crippen LogP contribution in [0.1, 0.15) is 16.8 Å². The van der Waals surface area contributed by atoms with Crippen LogP contribution in [0.5, 0.6) is 0 Å². The number of carbonyl (C=O) groups is 2. The lowest BCUT2D eigenvalue weighted by Crippen LogP contribution is -2.24. The van der Waals surface area contributed by atoms with E-state index in [-0.39, 0.29) is 30.5 Å². The Hall–Kier alpha value is -3.06. The first kappa shape index (κ1) is 18.7. The van der Waals surface area contributed by atoms with Crippen LogP contribution in [0, 0.1) is 5.82 Å². The number of nitrogens with one attached hydrogen (secondary N) is 2. The Balaban J connectivity index is 1.46. The van der Waals surface area contributed by atoms with Gasteiger partial charge in [-0.1, -0.05) is 42.5 Å². The molecular formula is C20H18FN3O2S. The number of hydrogen-bond donors (Lipinski definition) is 2. The summed E-state index contributed by atoms with van der Waals surface area (Å²) >= 11 is 1.28. The van der Waals surface area contributed by atoms with Crippen LogP contribution in [0.15, 0.2) is 60.0 Å². The summed E-state index contributed by atoms with van der Waals surface area (Å²) in [6.45, 7) is 0.323. The van der Waals surface area contributed by atoms with E-state index in [0.29, 0.717) is 17.4 Å². The van der Waals surface area contributed by atoms with Gasteiger partial charge in [-0.25, -0.2) is 9.37 Å². The zero-order valence-corrected chi connectivity index (χ0v) is 15.3. The van der Waals surface area contributed by atoms with Crippen molar-refractivity contribution in [2.75, 3.05) is 5.32 Å². The van der Waals surface area contributed by atoms with Gasteiger partial charge in [-0.3, -0.25) is 9.59 Å². The van der Waals surface area contributed by atoms with Crippen molar-refractivity contribution in [3.05, 3.63) is 82.6 Å². The lowest BCUT2D eigenvalue weighted by atomic mass is 10.1. The third-order valence-corrected chi connectivity index (χ3v) is 4.56. The molecule has 1 heterocycles. The van der Waals surface area contributed by atoms with Crippen LogP contribution in [0.25, 0.3) is 0 Å². The Morgan fingerprint density at radius 3 is 2.41 bits per heavy atom. The van der Waals surface area contributed by atoms with Gasteiger partial charge < -0.3 is 10.6 Å². The highest BCUT2D eigenvalue weighted by Crippen LogP contribution is 2.16. The van der Waals surface area contributed by atoms with Crippen molar-refractivity contribution in [2.45, 2.75) is 19.4 Å². The van der Waals surface area contributed by atoms with E-state index in [2.05, 4.69) is 15.6 Å². The van der Waals surface area contributed by atoms with Gasteiger partial charge in [0.1, 0.15) is 5.82 Å². The number of thiazole rings is 1. The molecular weight excluding hydrogens is 365 g/mol. The van der Waals surface area contributed by atoms with E-state index in [0.717, 1.165) is 11.1 Å². The van der Waals surface area contributed by atoms with Crippen LogP contribution in [-0.4, -0.2) is 16.8 Å². The minimum Gasteiger partial charge on any atom is -0.352 e. The monoisotopic (exact) mass is 383 g/mol. The fraction of sp³-hybridized carbons (Fsp3) is 0.150. The van der Waals surface area contributed by atoms with Crippen LogP contribution in [0.3, 0.4) is 0 Å². The standard InChI is InChI=1S/C20H18FN3O2S/c21-16-8-6-15(7-9-16)12-22-18(25)11-17-13-27-20(23-17)24-19(26)10-14-4-2-1-3-5-14/h1-9,13H,10-12H2,(H,22,25)(H,23,24,26). The first-order valence-electron chi connectivity index (χ1n) is 8.38. The number of carbonyl (C=O) groups excluding carboxylic acids is 2. The lowest BCUT2D eigenvalue weighted by molar-refractivity contribution is -0.120. The van der Waals surface area contributed by atoms with E-state index in [4.69, 9.17) is 0 Å². The first-order valence-corrected chi connectivity index (χ1v) is 9.26. The molecule has 5 nitrogen and oxygen atoms in total. The molecule has 0 unspecified atom stereocenters. The average molecular weight is 383 g/mol. The summed E-state index contributed by atoms with van der Waals surface area (Å²) in [5.74, 6) is -0.649. The Labute approximate surface area is 160 Å². The number of rotatable bonds is 7.